The van der Waals surface area contributed by atoms with E-state index in [1.807, 2.05) is 0 Å². The number of anilines is 2. The van der Waals surface area contributed by atoms with Crippen LogP contribution in [0.15, 0.2) is 55.0 Å². The van der Waals surface area contributed by atoms with Crippen LogP contribution in [0.1, 0.15) is 15.9 Å². The summed E-state index contributed by atoms with van der Waals surface area (Å²) < 4.78 is 46.0. The summed E-state index contributed by atoms with van der Waals surface area (Å²) in [5.74, 6) is 0.00329. The van der Waals surface area contributed by atoms with Gasteiger partial charge in [-0.05, 0) is 30.3 Å². The summed E-state index contributed by atoms with van der Waals surface area (Å²) in [4.78, 5) is 20.3. The largest absolute Gasteiger partial charge is 0.437 e. The molecule has 3 aromatic heterocycles. The van der Waals surface area contributed by atoms with Gasteiger partial charge in [0.25, 0.3) is 5.91 Å². The van der Waals surface area contributed by atoms with E-state index >= 15 is 0 Å². The van der Waals surface area contributed by atoms with E-state index in [1.165, 1.54) is 35.2 Å². The minimum Gasteiger partial charge on any atom is -0.437 e. The molecule has 1 amide bonds. The summed E-state index contributed by atoms with van der Waals surface area (Å²) in [6.07, 6.45) is -0.410. The predicted octanol–water partition coefficient (Wildman–Crippen LogP) is 4.42. The molecular formula is C19H12ClF3N6O2. The summed E-state index contributed by atoms with van der Waals surface area (Å²) in [6, 6.07) is 7.79. The topological polar surface area (TPSA) is 107 Å². The van der Waals surface area contributed by atoms with Gasteiger partial charge in [0.05, 0.1) is 34.1 Å². The molecule has 3 N–H and O–H groups in total. The molecule has 8 nitrogen and oxygen atoms in total. The Labute approximate surface area is 177 Å². The smallest absolute Gasteiger partial charge is 0.417 e. The maximum atomic E-state index is 13.0. The predicted molar refractivity (Wildman–Crippen MR) is 106 cm³/mol. The Balaban J connectivity index is 1.57. The van der Waals surface area contributed by atoms with Gasteiger partial charge in [-0.15, -0.1) is 0 Å². The molecule has 0 saturated heterocycles. The Kier molecular flexibility index (Phi) is 5.11. The summed E-state index contributed by atoms with van der Waals surface area (Å²) in [7, 11) is 0. The van der Waals surface area contributed by atoms with Gasteiger partial charge in [-0.25, -0.2) is 9.50 Å². The van der Waals surface area contributed by atoms with E-state index in [-0.39, 0.29) is 23.1 Å². The van der Waals surface area contributed by atoms with Crippen molar-refractivity contribution in [1.29, 1.82) is 0 Å². The quantitative estimate of drug-likeness (QED) is 0.478. The van der Waals surface area contributed by atoms with Crippen LogP contribution in [0.4, 0.5) is 24.8 Å². The summed E-state index contributed by atoms with van der Waals surface area (Å²) in [5, 5.41) is 6.05. The lowest BCUT2D eigenvalue weighted by atomic mass is 10.1. The molecule has 0 spiro atoms. The standard InChI is InChI=1S/C19H12ClF3N6O2/c20-14-3-1-10(7-13(14)19(21,22)23)27-17(30)12-8-26-29-9-11(2-4-15(12)29)31-16-5-6-25-18(24)28-16/h1-9H,(H,27,30)(H2,24,25,28). The van der Waals surface area contributed by atoms with Crippen molar-refractivity contribution in [3.63, 3.8) is 0 Å². The van der Waals surface area contributed by atoms with E-state index in [4.69, 9.17) is 22.1 Å². The molecule has 3 heterocycles. The van der Waals surface area contributed by atoms with Gasteiger partial charge in [0.2, 0.25) is 11.8 Å². The normalized spacial score (nSPS) is 11.5. The Morgan fingerprint density at radius 2 is 2.00 bits per heavy atom. The van der Waals surface area contributed by atoms with Crippen molar-refractivity contribution < 1.29 is 22.7 Å². The molecule has 4 aromatic rings. The van der Waals surface area contributed by atoms with Crippen molar-refractivity contribution in [2.24, 2.45) is 0 Å². The van der Waals surface area contributed by atoms with Crippen LogP contribution in [-0.2, 0) is 6.18 Å². The van der Waals surface area contributed by atoms with Crippen molar-refractivity contribution in [3.8, 4) is 11.6 Å². The maximum Gasteiger partial charge on any atom is 0.417 e. The first kappa shape index (κ1) is 20.4. The first-order valence-electron chi connectivity index (χ1n) is 8.62. The highest BCUT2D eigenvalue weighted by Gasteiger charge is 2.33. The number of nitrogens with two attached hydrogens (primary N) is 1. The van der Waals surface area contributed by atoms with Crippen LogP contribution < -0.4 is 15.8 Å². The van der Waals surface area contributed by atoms with Crippen molar-refractivity contribution in [3.05, 3.63) is 71.1 Å². The number of benzene rings is 1. The Bertz CT molecular complexity index is 1290. The third-order valence-electron chi connectivity index (χ3n) is 4.13. The second kappa shape index (κ2) is 7.76. The van der Waals surface area contributed by atoms with Crippen LogP contribution in [0.2, 0.25) is 5.02 Å². The highest BCUT2D eigenvalue weighted by molar-refractivity contribution is 6.31. The number of hydrogen-bond donors (Lipinski definition) is 2. The minimum atomic E-state index is -4.65. The number of carbonyl (C=O) groups is 1. The van der Waals surface area contributed by atoms with Gasteiger partial charge in [-0.2, -0.15) is 23.3 Å². The average molecular weight is 449 g/mol. The van der Waals surface area contributed by atoms with E-state index in [1.54, 1.807) is 12.1 Å². The molecule has 0 saturated carbocycles. The fourth-order valence-electron chi connectivity index (χ4n) is 2.75. The average Bonchev–Trinajstić information content (AvgIpc) is 3.12. The summed E-state index contributed by atoms with van der Waals surface area (Å²) >= 11 is 5.60. The van der Waals surface area contributed by atoms with E-state index in [2.05, 4.69) is 20.4 Å². The van der Waals surface area contributed by atoms with Gasteiger partial charge in [0.1, 0.15) is 5.75 Å². The fourth-order valence-corrected chi connectivity index (χ4v) is 2.98. The zero-order valence-electron chi connectivity index (χ0n) is 15.4. The van der Waals surface area contributed by atoms with Gasteiger partial charge in [0, 0.05) is 18.0 Å². The number of carbonyl (C=O) groups excluding carboxylic acids is 1. The molecule has 12 heteroatoms. The summed E-state index contributed by atoms with van der Waals surface area (Å²) in [6.45, 7) is 0. The number of hydrogen-bond acceptors (Lipinski definition) is 6. The van der Waals surface area contributed by atoms with E-state index in [0.717, 1.165) is 12.1 Å². The highest BCUT2D eigenvalue weighted by Crippen LogP contribution is 2.36. The summed E-state index contributed by atoms with van der Waals surface area (Å²) in [5.41, 5.74) is 4.98. The number of fused-ring (bicyclic) bond motifs is 1. The van der Waals surface area contributed by atoms with Crippen molar-refractivity contribution in [2.75, 3.05) is 11.1 Å². The number of amides is 1. The van der Waals surface area contributed by atoms with E-state index < -0.39 is 22.7 Å². The molecule has 0 fully saturated rings. The Hall–Kier alpha value is -3.86. The second-order valence-corrected chi connectivity index (χ2v) is 6.66. The van der Waals surface area contributed by atoms with Crippen LogP contribution in [0, 0.1) is 0 Å². The molecule has 0 aliphatic heterocycles. The van der Waals surface area contributed by atoms with Gasteiger partial charge < -0.3 is 15.8 Å². The molecule has 0 aliphatic carbocycles. The Morgan fingerprint density at radius 3 is 2.74 bits per heavy atom. The number of pyridine rings is 1. The lowest BCUT2D eigenvalue weighted by Crippen LogP contribution is -2.13. The maximum absolute atomic E-state index is 13.0. The molecule has 0 aliphatic rings. The third-order valence-corrected chi connectivity index (χ3v) is 4.46. The third kappa shape index (κ3) is 4.36. The van der Waals surface area contributed by atoms with Crippen LogP contribution >= 0.6 is 11.6 Å². The monoisotopic (exact) mass is 448 g/mol. The highest BCUT2D eigenvalue weighted by atomic mass is 35.5. The molecule has 0 bridgehead atoms. The van der Waals surface area contributed by atoms with E-state index in [9.17, 15) is 18.0 Å². The van der Waals surface area contributed by atoms with Crippen molar-refractivity contribution in [2.45, 2.75) is 6.18 Å². The fraction of sp³-hybridized carbons (Fsp3) is 0.0526. The molecule has 0 radical (unpaired) electrons. The van der Waals surface area contributed by atoms with Gasteiger partial charge in [0.15, 0.2) is 0 Å². The lowest BCUT2D eigenvalue weighted by molar-refractivity contribution is -0.137. The van der Waals surface area contributed by atoms with Crippen LogP contribution in [0.3, 0.4) is 0 Å². The number of nitrogens with zero attached hydrogens (tertiary/aromatic N) is 4. The first-order chi connectivity index (χ1) is 14.7. The number of nitrogen functional groups attached to an aromatic ring is 1. The molecule has 0 unspecified atom stereocenters. The SMILES string of the molecule is Nc1nccc(Oc2ccc3c(C(=O)Nc4ccc(Cl)c(C(F)(F)F)c4)cnn3c2)n1. The van der Waals surface area contributed by atoms with Crippen LogP contribution in [0.5, 0.6) is 11.6 Å². The zero-order chi connectivity index (χ0) is 22.2. The number of rotatable bonds is 4. The van der Waals surface area contributed by atoms with Crippen molar-refractivity contribution >= 4 is 34.7 Å². The molecule has 31 heavy (non-hydrogen) atoms. The van der Waals surface area contributed by atoms with Crippen molar-refractivity contribution in [1.82, 2.24) is 19.6 Å². The number of aromatic nitrogens is 4. The Morgan fingerprint density at radius 1 is 1.19 bits per heavy atom. The molecular weight excluding hydrogens is 437 g/mol. The van der Waals surface area contributed by atoms with Gasteiger partial charge >= 0.3 is 6.18 Å². The lowest BCUT2D eigenvalue weighted by Gasteiger charge is -2.11. The number of alkyl halides is 3. The molecule has 0 atom stereocenters. The molecule has 4 rings (SSSR count). The molecule has 158 valence electrons. The van der Waals surface area contributed by atoms with Crippen LogP contribution in [-0.4, -0.2) is 25.5 Å². The molecule has 1 aromatic carbocycles. The van der Waals surface area contributed by atoms with Gasteiger partial charge in [-0.3, -0.25) is 4.79 Å². The van der Waals surface area contributed by atoms with Crippen LogP contribution in [0.25, 0.3) is 5.52 Å². The number of halogens is 4. The second-order valence-electron chi connectivity index (χ2n) is 6.25. The first-order valence-corrected chi connectivity index (χ1v) is 9.00. The number of nitrogens with one attached hydrogen (secondary N) is 1. The number of ether oxygens (including phenoxy) is 1. The van der Waals surface area contributed by atoms with E-state index in [0.29, 0.717) is 11.3 Å². The zero-order valence-corrected chi connectivity index (χ0v) is 16.1. The minimum absolute atomic E-state index is 0.0486. The van der Waals surface area contributed by atoms with Gasteiger partial charge in [-0.1, -0.05) is 11.6 Å².